The molecule has 2 rings (SSSR count). The van der Waals surface area contributed by atoms with Gasteiger partial charge in [-0.3, -0.25) is 4.79 Å². The molecule has 0 bridgehead atoms. The highest BCUT2D eigenvalue weighted by molar-refractivity contribution is 7.89. The van der Waals surface area contributed by atoms with E-state index in [1.54, 1.807) is 26.0 Å². The van der Waals surface area contributed by atoms with E-state index in [9.17, 15) is 18.0 Å². The molecular formula is C21H26N2O5S. The highest BCUT2D eigenvalue weighted by atomic mass is 32.2. The molecule has 8 heteroatoms. The molecular weight excluding hydrogens is 392 g/mol. The zero-order valence-corrected chi connectivity index (χ0v) is 17.8. The number of hydrogen-bond donors (Lipinski definition) is 1. The van der Waals surface area contributed by atoms with Gasteiger partial charge in [-0.2, -0.15) is 4.31 Å². The number of nitrogens with zero attached hydrogens (tertiary/aromatic N) is 1. The summed E-state index contributed by atoms with van der Waals surface area (Å²) in [7, 11) is -3.70. The lowest BCUT2D eigenvalue weighted by atomic mass is 10.2. The normalized spacial score (nSPS) is 12.4. The lowest BCUT2D eigenvalue weighted by molar-refractivity contribution is -0.123. The summed E-state index contributed by atoms with van der Waals surface area (Å²) in [4.78, 5) is 24.8. The first-order valence-corrected chi connectivity index (χ1v) is 10.8. The maximum absolute atomic E-state index is 12.6. The number of hydrogen-bond acceptors (Lipinski definition) is 5. The van der Waals surface area contributed by atoms with Gasteiger partial charge in [0.25, 0.3) is 5.91 Å². The number of ether oxygens (including phenoxy) is 1. The van der Waals surface area contributed by atoms with Crippen LogP contribution in [0.15, 0.2) is 53.4 Å². The van der Waals surface area contributed by atoms with E-state index in [-0.39, 0.29) is 10.5 Å². The van der Waals surface area contributed by atoms with Gasteiger partial charge in [-0.1, -0.05) is 38.1 Å². The Morgan fingerprint density at radius 3 is 2.34 bits per heavy atom. The number of aryl methyl sites for hydroxylation is 1. The summed E-state index contributed by atoms with van der Waals surface area (Å²) in [5, 5.41) is 2.71. The fourth-order valence-corrected chi connectivity index (χ4v) is 4.23. The topological polar surface area (TPSA) is 92.8 Å². The van der Waals surface area contributed by atoms with E-state index in [1.807, 2.05) is 19.1 Å². The molecule has 1 atom stereocenters. The Kier molecular flexibility index (Phi) is 7.53. The summed E-state index contributed by atoms with van der Waals surface area (Å²) in [5.74, 6) is -1.24. The van der Waals surface area contributed by atoms with Crippen molar-refractivity contribution < 1.29 is 22.7 Å². The van der Waals surface area contributed by atoms with Gasteiger partial charge in [0, 0.05) is 18.8 Å². The first kappa shape index (κ1) is 22.6. The first-order valence-electron chi connectivity index (χ1n) is 9.38. The molecule has 0 heterocycles. The van der Waals surface area contributed by atoms with Crippen LogP contribution in [0.1, 0.15) is 36.7 Å². The average Bonchev–Trinajstić information content (AvgIpc) is 2.70. The van der Waals surface area contributed by atoms with E-state index in [4.69, 9.17) is 4.74 Å². The number of carbonyl (C=O) groups is 2. The summed E-state index contributed by atoms with van der Waals surface area (Å²) >= 11 is 0. The number of anilines is 1. The third-order valence-electron chi connectivity index (χ3n) is 4.47. The minimum atomic E-state index is -3.70. The second-order valence-electron chi connectivity index (χ2n) is 6.47. The molecule has 7 nitrogen and oxygen atoms in total. The molecule has 0 aromatic heterocycles. The number of amides is 1. The Morgan fingerprint density at radius 2 is 1.72 bits per heavy atom. The molecule has 2 aromatic carbocycles. The van der Waals surface area contributed by atoms with E-state index in [1.165, 1.54) is 35.5 Å². The van der Waals surface area contributed by atoms with Crippen molar-refractivity contribution in [1.82, 2.24) is 4.31 Å². The van der Waals surface area contributed by atoms with Gasteiger partial charge in [-0.15, -0.1) is 0 Å². The number of para-hydroxylation sites is 1. The molecule has 29 heavy (non-hydrogen) atoms. The lowest BCUT2D eigenvalue weighted by Crippen LogP contribution is -2.31. The lowest BCUT2D eigenvalue weighted by Gasteiger charge is -2.19. The third kappa shape index (κ3) is 5.42. The molecule has 0 radical (unpaired) electrons. The fraction of sp³-hybridized carbons (Fsp3) is 0.333. The second kappa shape index (κ2) is 9.67. The number of benzene rings is 2. The molecule has 156 valence electrons. The van der Waals surface area contributed by atoms with Crippen LogP contribution in [-0.2, 0) is 19.6 Å². The molecule has 2 aromatic rings. The van der Waals surface area contributed by atoms with Crippen LogP contribution >= 0.6 is 0 Å². The number of sulfonamides is 1. The van der Waals surface area contributed by atoms with E-state index in [0.29, 0.717) is 18.8 Å². The predicted octanol–water partition coefficient (Wildman–Crippen LogP) is 3.21. The monoisotopic (exact) mass is 418 g/mol. The standard InChI is InChI=1S/C21H26N2O5S/c1-5-23(6-2)29(26,27)18-12-9-11-17(14-18)21(25)28-16(4)20(24)22-19-13-8-7-10-15(19)3/h7-14,16H,5-6H2,1-4H3,(H,22,24). The zero-order chi connectivity index (χ0) is 21.6. The highest BCUT2D eigenvalue weighted by Gasteiger charge is 2.24. The highest BCUT2D eigenvalue weighted by Crippen LogP contribution is 2.18. The van der Waals surface area contributed by atoms with Gasteiger partial charge in [-0.05, 0) is 43.7 Å². The van der Waals surface area contributed by atoms with Crippen molar-refractivity contribution in [2.24, 2.45) is 0 Å². The van der Waals surface area contributed by atoms with Crippen LogP contribution in [0, 0.1) is 6.92 Å². The van der Waals surface area contributed by atoms with Crippen molar-refractivity contribution in [1.29, 1.82) is 0 Å². The van der Waals surface area contributed by atoms with Crippen molar-refractivity contribution in [2.45, 2.75) is 38.7 Å². The smallest absolute Gasteiger partial charge is 0.338 e. The molecule has 0 aliphatic carbocycles. The maximum atomic E-state index is 12.6. The minimum Gasteiger partial charge on any atom is -0.449 e. The van der Waals surface area contributed by atoms with Crippen LogP contribution in [0.4, 0.5) is 5.69 Å². The Balaban J connectivity index is 2.13. The Morgan fingerprint density at radius 1 is 1.07 bits per heavy atom. The number of carbonyl (C=O) groups excluding carboxylic acids is 2. The minimum absolute atomic E-state index is 0.00710. The van der Waals surface area contributed by atoms with E-state index in [0.717, 1.165) is 5.56 Å². The molecule has 0 aliphatic rings. The largest absolute Gasteiger partial charge is 0.449 e. The van der Waals surface area contributed by atoms with Crippen molar-refractivity contribution in [3.8, 4) is 0 Å². The van der Waals surface area contributed by atoms with Crippen LogP contribution in [0.25, 0.3) is 0 Å². The summed E-state index contributed by atoms with van der Waals surface area (Å²) < 4.78 is 31.8. The van der Waals surface area contributed by atoms with Gasteiger partial charge in [0.1, 0.15) is 0 Å². The van der Waals surface area contributed by atoms with Gasteiger partial charge in [0.2, 0.25) is 10.0 Å². The first-order chi connectivity index (χ1) is 13.7. The van der Waals surface area contributed by atoms with Crippen molar-refractivity contribution in [3.05, 3.63) is 59.7 Å². The summed E-state index contributed by atoms with van der Waals surface area (Å²) in [5.41, 5.74) is 1.58. The molecule has 1 amide bonds. The van der Waals surface area contributed by atoms with E-state index < -0.39 is 28.0 Å². The van der Waals surface area contributed by atoms with Crippen LogP contribution in [0.3, 0.4) is 0 Å². The van der Waals surface area contributed by atoms with Crippen molar-refractivity contribution in [3.63, 3.8) is 0 Å². The van der Waals surface area contributed by atoms with E-state index >= 15 is 0 Å². The van der Waals surface area contributed by atoms with Gasteiger partial charge in [0.05, 0.1) is 10.5 Å². The van der Waals surface area contributed by atoms with Crippen molar-refractivity contribution in [2.75, 3.05) is 18.4 Å². The average molecular weight is 419 g/mol. The number of rotatable bonds is 8. The maximum Gasteiger partial charge on any atom is 0.338 e. The molecule has 0 saturated heterocycles. The molecule has 1 N–H and O–H groups in total. The Hall–Kier alpha value is -2.71. The molecule has 0 aliphatic heterocycles. The fourth-order valence-electron chi connectivity index (χ4n) is 2.73. The van der Waals surface area contributed by atoms with Gasteiger partial charge in [0.15, 0.2) is 6.10 Å². The SMILES string of the molecule is CCN(CC)S(=O)(=O)c1cccc(C(=O)OC(C)C(=O)Nc2ccccc2C)c1. The Labute approximate surface area is 171 Å². The molecule has 0 saturated carbocycles. The quantitative estimate of drug-likeness (QED) is 0.665. The number of esters is 1. The van der Waals surface area contributed by atoms with Crippen LogP contribution in [0.2, 0.25) is 0 Å². The zero-order valence-electron chi connectivity index (χ0n) is 17.0. The van der Waals surface area contributed by atoms with Crippen molar-refractivity contribution >= 4 is 27.6 Å². The van der Waals surface area contributed by atoms with Gasteiger partial charge < -0.3 is 10.1 Å². The summed E-state index contributed by atoms with van der Waals surface area (Å²) in [6, 6.07) is 12.9. The van der Waals surface area contributed by atoms with Gasteiger partial charge >= 0.3 is 5.97 Å². The molecule has 1 unspecified atom stereocenters. The summed E-state index contributed by atoms with van der Waals surface area (Å²) in [6.45, 7) is 7.45. The third-order valence-corrected chi connectivity index (χ3v) is 6.51. The van der Waals surface area contributed by atoms with E-state index in [2.05, 4.69) is 5.32 Å². The van der Waals surface area contributed by atoms with Crippen LogP contribution in [-0.4, -0.2) is 43.8 Å². The second-order valence-corrected chi connectivity index (χ2v) is 8.41. The Bertz CT molecular complexity index is 984. The van der Waals surface area contributed by atoms with Crippen LogP contribution in [0.5, 0.6) is 0 Å². The number of nitrogens with one attached hydrogen (secondary N) is 1. The van der Waals surface area contributed by atoms with Gasteiger partial charge in [-0.25, -0.2) is 13.2 Å². The predicted molar refractivity (Wildman–Crippen MR) is 111 cm³/mol. The summed E-state index contributed by atoms with van der Waals surface area (Å²) in [6.07, 6.45) is -1.05. The van der Waals surface area contributed by atoms with Crippen LogP contribution < -0.4 is 5.32 Å². The molecule has 0 spiro atoms. The molecule has 0 fully saturated rings.